The van der Waals surface area contributed by atoms with E-state index >= 15 is 4.39 Å². The molecule has 3 saturated carbocycles. The van der Waals surface area contributed by atoms with Gasteiger partial charge in [-0.2, -0.15) is 0 Å². The molecule has 0 bridgehead atoms. The molecule has 0 spiro atoms. The van der Waals surface area contributed by atoms with Gasteiger partial charge in [-0.25, -0.2) is 9.37 Å². The highest BCUT2D eigenvalue weighted by Crippen LogP contribution is 2.70. The van der Waals surface area contributed by atoms with E-state index in [2.05, 4.69) is 20.9 Å². The van der Waals surface area contributed by atoms with Crippen molar-refractivity contribution >= 4 is 29.2 Å². The van der Waals surface area contributed by atoms with Crippen LogP contribution in [0.2, 0.25) is 0 Å². The summed E-state index contributed by atoms with van der Waals surface area (Å²) in [6.45, 7) is 5.38. The largest absolute Gasteiger partial charge is 0.390 e. The van der Waals surface area contributed by atoms with Crippen LogP contribution in [0, 0.1) is 28.6 Å². The number of amides is 3. The maximum absolute atomic E-state index is 17.4. The molecule has 2 aromatic rings. The first-order valence-corrected chi connectivity index (χ1v) is 16.1. The lowest BCUT2D eigenvalue weighted by molar-refractivity contribution is -0.219. The third-order valence-corrected chi connectivity index (χ3v) is 11.8. The molecule has 0 aromatic carbocycles. The van der Waals surface area contributed by atoms with Crippen molar-refractivity contribution in [2.45, 2.75) is 63.8 Å². The minimum absolute atomic E-state index is 0.0254. The molecule has 2 aromatic heterocycles. The molecule has 0 aliphatic heterocycles. The van der Waals surface area contributed by atoms with Crippen molar-refractivity contribution in [3.63, 3.8) is 0 Å². The Bertz CT molecular complexity index is 1710. The van der Waals surface area contributed by atoms with Crippen LogP contribution >= 0.6 is 0 Å². The minimum Gasteiger partial charge on any atom is -0.390 e. The van der Waals surface area contributed by atoms with Crippen molar-refractivity contribution in [2.24, 2.45) is 42.7 Å². The Morgan fingerprint density at radius 1 is 1.11 bits per heavy atom. The van der Waals surface area contributed by atoms with E-state index in [1.807, 2.05) is 0 Å². The Labute approximate surface area is 272 Å². The summed E-state index contributed by atoms with van der Waals surface area (Å²) in [7, 11) is 3.37. The maximum Gasteiger partial charge on any atom is 0.291 e. The van der Waals surface area contributed by atoms with Gasteiger partial charge in [0.2, 0.25) is 0 Å². The number of carbonyl (C=O) groups excluding carboxylic acids is 4. The number of ketones is 1. The monoisotopic (exact) mass is 650 g/mol. The van der Waals surface area contributed by atoms with Gasteiger partial charge in [0.25, 0.3) is 17.7 Å². The van der Waals surface area contributed by atoms with E-state index in [1.54, 1.807) is 62.5 Å². The lowest BCUT2D eigenvalue weighted by Gasteiger charge is -2.62. The molecule has 0 unspecified atom stereocenters. The van der Waals surface area contributed by atoms with E-state index in [9.17, 15) is 29.4 Å². The third-order valence-electron chi connectivity index (χ3n) is 11.8. The number of anilines is 1. The molecule has 3 amide bonds. The summed E-state index contributed by atoms with van der Waals surface area (Å²) in [6, 6.07) is 1.53. The molecule has 252 valence electrons. The topological polar surface area (TPSA) is 168 Å². The number of imidazole rings is 1. The molecule has 8 atom stereocenters. The first kappa shape index (κ1) is 32.8. The van der Waals surface area contributed by atoms with Crippen LogP contribution in [0.5, 0.6) is 0 Å². The van der Waals surface area contributed by atoms with Gasteiger partial charge in [0, 0.05) is 62.5 Å². The number of rotatable bonds is 7. The number of fused-ring (bicyclic) bond motifs is 5. The van der Waals surface area contributed by atoms with E-state index < -0.39 is 57.8 Å². The molecule has 5 N–H and O–H groups in total. The minimum atomic E-state index is -2.05. The van der Waals surface area contributed by atoms with Crippen molar-refractivity contribution in [1.29, 1.82) is 0 Å². The smallest absolute Gasteiger partial charge is 0.291 e. The number of carbonyl (C=O) groups is 4. The summed E-state index contributed by atoms with van der Waals surface area (Å²) in [4.78, 5) is 55.3. The van der Waals surface area contributed by atoms with Crippen LogP contribution in [0.1, 0.15) is 67.6 Å². The number of alkyl halides is 1. The van der Waals surface area contributed by atoms with Gasteiger partial charge in [0.1, 0.15) is 5.69 Å². The average molecular weight is 651 g/mol. The Morgan fingerprint density at radius 3 is 2.53 bits per heavy atom. The SMILES string of the molecule is C[C@@H]1C[C@H]2[C@@H]3CCC4=CC(=O)C=C[C@]4(C)[C@@]3(F)[C@@H](O)C[C@]2(C)[C@@]1(O)C(=O)NCCNC(=O)c1cc(NC(=O)c2nccn2C)cn1C. The molecule has 0 radical (unpaired) electrons. The fraction of sp³-hybridized carbons (Fsp3) is 0.559. The number of allylic oxidation sites excluding steroid dienone is 4. The van der Waals surface area contributed by atoms with Crippen LogP contribution < -0.4 is 16.0 Å². The highest BCUT2D eigenvalue weighted by Gasteiger charge is 2.75. The van der Waals surface area contributed by atoms with E-state index in [0.29, 0.717) is 30.5 Å². The van der Waals surface area contributed by atoms with Crippen molar-refractivity contribution in [1.82, 2.24) is 24.8 Å². The highest BCUT2D eigenvalue weighted by molar-refractivity contribution is 6.03. The Kier molecular flexibility index (Phi) is 7.86. The number of aliphatic hydroxyl groups is 2. The number of aromatic nitrogens is 3. The van der Waals surface area contributed by atoms with Crippen LogP contribution in [0.25, 0.3) is 0 Å². The summed E-state index contributed by atoms with van der Waals surface area (Å²) >= 11 is 0. The van der Waals surface area contributed by atoms with Crippen molar-refractivity contribution < 1.29 is 33.8 Å². The number of nitrogens with zero attached hydrogens (tertiary/aromatic N) is 3. The second-order valence-electron chi connectivity index (χ2n) is 14.2. The molecular formula is C34H43FN6O6. The Hall–Kier alpha value is -4.10. The molecule has 2 heterocycles. The predicted octanol–water partition coefficient (Wildman–Crippen LogP) is 2.20. The summed E-state index contributed by atoms with van der Waals surface area (Å²) in [5.41, 5.74) is -4.82. The van der Waals surface area contributed by atoms with Gasteiger partial charge in [0.05, 0.1) is 11.8 Å². The number of halogens is 1. The van der Waals surface area contributed by atoms with Crippen molar-refractivity contribution in [3.05, 3.63) is 60.0 Å². The maximum atomic E-state index is 17.4. The summed E-state index contributed by atoms with van der Waals surface area (Å²) in [6.07, 6.45) is 8.93. The lowest BCUT2D eigenvalue weighted by Crippen LogP contribution is -2.70. The van der Waals surface area contributed by atoms with Gasteiger partial charge in [-0.1, -0.05) is 25.5 Å². The Balaban J connectivity index is 1.10. The lowest BCUT2D eigenvalue weighted by atomic mass is 9.44. The summed E-state index contributed by atoms with van der Waals surface area (Å²) < 4.78 is 20.5. The highest BCUT2D eigenvalue weighted by atomic mass is 19.1. The zero-order valence-electron chi connectivity index (χ0n) is 27.3. The van der Waals surface area contributed by atoms with Crippen LogP contribution in [0.4, 0.5) is 10.1 Å². The average Bonchev–Trinajstić information content (AvgIpc) is 3.67. The summed E-state index contributed by atoms with van der Waals surface area (Å²) in [5, 5.41) is 31.9. The summed E-state index contributed by atoms with van der Waals surface area (Å²) in [5.74, 6) is -2.95. The normalized spacial score (nSPS) is 35.7. The first-order valence-electron chi connectivity index (χ1n) is 16.1. The number of aliphatic hydroxyl groups excluding tert-OH is 1. The first-order chi connectivity index (χ1) is 22.1. The van der Waals surface area contributed by atoms with E-state index in [4.69, 9.17) is 0 Å². The Morgan fingerprint density at radius 2 is 1.83 bits per heavy atom. The van der Waals surface area contributed by atoms with Crippen LogP contribution in [0.15, 0.2) is 48.5 Å². The van der Waals surface area contributed by atoms with Gasteiger partial charge in [0.15, 0.2) is 22.9 Å². The number of aryl methyl sites for hydroxylation is 2. The van der Waals surface area contributed by atoms with Crippen molar-refractivity contribution in [3.8, 4) is 0 Å². The standard InChI is InChI=1S/C34H43FN6O6/c1-19-14-24-23-7-6-20-15-22(42)8-9-31(20,2)33(23,35)26(43)17-32(24,3)34(19,47)30(46)38-11-10-37-28(44)25-16-21(18-41(25)5)39-29(45)27-36-12-13-40(27)4/h8-9,12-13,15-16,18-19,23-24,26,43,47H,6-7,10-11,14,17H2,1-5H3,(H,37,44)(H,38,46)(H,39,45)/t19-,23+,24+,26+,31+,32+,33+,34+/m1/s1. The van der Waals surface area contributed by atoms with Crippen molar-refractivity contribution in [2.75, 3.05) is 18.4 Å². The quantitative estimate of drug-likeness (QED) is 0.287. The van der Waals surface area contributed by atoms with Gasteiger partial charge >= 0.3 is 0 Å². The fourth-order valence-corrected chi connectivity index (χ4v) is 9.24. The van der Waals surface area contributed by atoms with Crippen LogP contribution in [-0.4, -0.2) is 78.3 Å². The zero-order chi connectivity index (χ0) is 34.1. The second kappa shape index (κ2) is 11.3. The number of hydrogen-bond acceptors (Lipinski definition) is 7. The molecule has 47 heavy (non-hydrogen) atoms. The molecule has 4 aliphatic carbocycles. The molecular weight excluding hydrogens is 607 g/mol. The third kappa shape index (κ3) is 4.72. The molecule has 4 aliphatic rings. The molecule has 6 rings (SSSR count). The zero-order valence-corrected chi connectivity index (χ0v) is 27.3. The second-order valence-corrected chi connectivity index (χ2v) is 14.2. The predicted molar refractivity (Wildman–Crippen MR) is 170 cm³/mol. The van der Waals surface area contributed by atoms with Gasteiger partial charge in [-0.3, -0.25) is 19.2 Å². The van der Waals surface area contributed by atoms with Crippen LogP contribution in [0.3, 0.4) is 0 Å². The van der Waals surface area contributed by atoms with Gasteiger partial charge < -0.3 is 35.3 Å². The fourth-order valence-electron chi connectivity index (χ4n) is 9.24. The molecule has 13 heteroatoms. The van der Waals surface area contributed by atoms with E-state index in [1.165, 1.54) is 24.4 Å². The number of nitrogens with one attached hydrogen (secondary N) is 3. The molecule has 3 fully saturated rings. The van der Waals surface area contributed by atoms with Gasteiger partial charge in [-0.15, -0.1) is 0 Å². The molecule has 0 saturated heterocycles. The van der Waals surface area contributed by atoms with E-state index in [0.717, 1.165) is 0 Å². The van der Waals surface area contributed by atoms with Gasteiger partial charge in [-0.05, 0) is 62.7 Å². The number of hydrogen-bond donors (Lipinski definition) is 5. The molecule has 12 nitrogen and oxygen atoms in total. The van der Waals surface area contributed by atoms with E-state index in [-0.39, 0.29) is 42.7 Å². The van der Waals surface area contributed by atoms with Crippen LogP contribution in [-0.2, 0) is 23.7 Å².